The lowest BCUT2D eigenvalue weighted by atomic mass is 10.1. The third kappa shape index (κ3) is 4.36. The zero-order chi connectivity index (χ0) is 16.8. The molecule has 2 aromatic rings. The van der Waals surface area contributed by atoms with Gasteiger partial charge in [0.25, 0.3) is 0 Å². The SMILES string of the molecule is O=C(NCCCO)C1CC1c1ccc(OCc2ccccc2)cc1. The number of nitrogens with one attached hydrogen (secondary N) is 1. The van der Waals surface area contributed by atoms with Crippen molar-refractivity contribution in [3.8, 4) is 5.75 Å². The predicted octanol–water partition coefficient (Wildman–Crippen LogP) is 2.87. The molecule has 3 rings (SSSR count). The monoisotopic (exact) mass is 325 g/mol. The average Bonchev–Trinajstić information content (AvgIpc) is 3.42. The molecular formula is C20H23NO3. The van der Waals surface area contributed by atoms with E-state index >= 15 is 0 Å². The highest BCUT2D eigenvalue weighted by Gasteiger charge is 2.43. The van der Waals surface area contributed by atoms with Crippen LogP contribution in [0.3, 0.4) is 0 Å². The topological polar surface area (TPSA) is 58.6 Å². The van der Waals surface area contributed by atoms with E-state index in [0.29, 0.717) is 25.5 Å². The number of ether oxygens (including phenoxy) is 1. The Morgan fingerprint density at radius 2 is 1.88 bits per heavy atom. The number of amides is 1. The Kier molecular flexibility index (Phi) is 5.49. The summed E-state index contributed by atoms with van der Waals surface area (Å²) in [5.41, 5.74) is 2.33. The van der Waals surface area contributed by atoms with Crippen molar-refractivity contribution >= 4 is 5.91 Å². The van der Waals surface area contributed by atoms with Gasteiger partial charge in [0.15, 0.2) is 0 Å². The van der Waals surface area contributed by atoms with E-state index in [1.807, 2.05) is 54.6 Å². The summed E-state index contributed by atoms with van der Waals surface area (Å²) >= 11 is 0. The summed E-state index contributed by atoms with van der Waals surface area (Å²) in [5, 5.41) is 11.6. The number of benzene rings is 2. The van der Waals surface area contributed by atoms with Crippen LogP contribution in [0.5, 0.6) is 5.75 Å². The van der Waals surface area contributed by atoms with Crippen molar-refractivity contribution in [1.82, 2.24) is 5.32 Å². The third-order valence-electron chi connectivity index (χ3n) is 4.32. The molecule has 1 saturated carbocycles. The lowest BCUT2D eigenvalue weighted by molar-refractivity contribution is -0.122. The molecule has 24 heavy (non-hydrogen) atoms. The summed E-state index contributed by atoms with van der Waals surface area (Å²) in [6, 6.07) is 18.1. The fraction of sp³-hybridized carbons (Fsp3) is 0.350. The number of hydrogen-bond donors (Lipinski definition) is 2. The second-order valence-electron chi connectivity index (χ2n) is 6.16. The van der Waals surface area contributed by atoms with Crippen LogP contribution in [0.15, 0.2) is 54.6 Å². The van der Waals surface area contributed by atoms with Crippen LogP contribution in [0, 0.1) is 5.92 Å². The number of aliphatic hydroxyl groups excluding tert-OH is 1. The van der Waals surface area contributed by atoms with Crippen LogP contribution in [0.2, 0.25) is 0 Å². The Labute approximate surface area is 142 Å². The zero-order valence-electron chi connectivity index (χ0n) is 13.7. The quantitative estimate of drug-likeness (QED) is 0.734. The lowest BCUT2D eigenvalue weighted by Crippen LogP contribution is -2.26. The molecule has 0 radical (unpaired) electrons. The minimum absolute atomic E-state index is 0.0692. The van der Waals surface area contributed by atoms with Gasteiger partial charge in [0, 0.05) is 19.1 Å². The van der Waals surface area contributed by atoms with E-state index in [-0.39, 0.29) is 18.4 Å². The molecule has 4 nitrogen and oxygen atoms in total. The first-order valence-electron chi connectivity index (χ1n) is 8.43. The fourth-order valence-electron chi connectivity index (χ4n) is 2.83. The van der Waals surface area contributed by atoms with E-state index in [9.17, 15) is 4.79 Å². The molecule has 0 aliphatic heterocycles. The molecule has 126 valence electrons. The fourth-order valence-corrected chi connectivity index (χ4v) is 2.83. The molecule has 0 spiro atoms. The largest absolute Gasteiger partial charge is 0.489 e. The van der Waals surface area contributed by atoms with Crippen molar-refractivity contribution in [3.05, 3.63) is 65.7 Å². The van der Waals surface area contributed by atoms with Crippen molar-refractivity contribution in [2.45, 2.75) is 25.4 Å². The van der Waals surface area contributed by atoms with Gasteiger partial charge in [-0.15, -0.1) is 0 Å². The third-order valence-corrected chi connectivity index (χ3v) is 4.32. The number of aliphatic hydroxyl groups is 1. The minimum Gasteiger partial charge on any atom is -0.489 e. The van der Waals surface area contributed by atoms with Crippen LogP contribution in [0.25, 0.3) is 0 Å². The Morgan fingerprint density at radius 1 is 1.12 bits per heavy atom. The van der Waals surface area contributed by atoms with Crippen molar-refractivity contribution in [2.75, 3.05) is 13.2 Å². The molecule has 2 N–H and O–H groups in total. The molecule has 0 bridgehead atoms. The second kappa shape index (κ2) is 7.97. The van der Waals surface area contributed by atoms with Crippen molar-refractivity contribution in [1.29, 1.82) is 0 Å². The van der Waals surface area contributed by atoms with E-state index in [0.717, 1.165) is 17.7 Å². The maximum Gasteiger partial charge on any atom is 0.223 e. The van der Waals surface area contributed by atoms with Crippen molar-refractivity contribution < 1.29 is 14.6 Å². The first-order valence-corrected chi connectivity index (χ1v) is 8.43. The standard InChI is InChI=1S/C20H23NO3/c22-12-4-11-21-20(23)19-13-18(19)16-7-9-17(10-8-16)24-14-15-5-2-1-3-6-15/h1-3,5-10,18-19,22H,4,11-14H2,(H,21,23). The normalized spacial score (nSPS) is 18.9. The smallest absolute Gasteiger partial charge is 0.223 e. The van der Waals surface area contributed by atoms with Crippen LogP contribution < -0.4 is 10.1 Å². The van der Waals surface area contributed by atoms with E-state index < -0.39 is 0 Å². The first kappa shape index (κ1) is 16.5. The molecule has 0 heterocycles. The zero-order valence-corrected chi connectivity index (χ0v) is 13.7. The van der Waals surface area contributed by atoms with Gasteiger partial charge in [-0.2, -0.15) is 0 Å². The van der Waals surface area contributed by atoms with Gasteiger partial charge in [0.05, 0.1) is 0 Å². The van der Waals surface area contributed by atoms with Crippen LogP contribution >= 0.6 is 0 Å². The summed E-state index contributed by atoms with van der Waals surface area (Å²) < 4.78 is 5.78. The maximum absolute atomic E-state index is 12.0. The number of carbonyl (C=O) groups is 1. The van der Waals surface area contributed by atoms with Gasteiger partial charge in [0.2, 0.25) is 5.91 Å². The van der Waals surface area contributed by atoms with Crippen LogP contribution in [-0.4, -0.2) is 24.2 Å². The Balaban J connectivity index is 1.48. The number of carbonyl (C=O) groups excluding carboxylic acids is 1. The minimum atomic E-state index is 0.0692. The molecule has 2 unspecified atom stereocenters. The molecule has 2 aromatic carbocycles. The van der Waals surface area contributed by atoms with Crippen molar-refractivity contribution in [3.63, 3.8) is 0 Å². The summed E-state index contributed by atoms with van der Waals surface area (Å²) in [6.45, 7) is 1.21. The van der Waals surface area contributed by atoms with Gasteiger partial charge in [-0.05, 0) is 42.0 Å². The summed E-state index contributed by atoms with van der Waals surface area (Å²) in [5.74, 6) is 1.31. The van der Waals surface area contributed by atoms with Gasteiger partial charge >= 0.3 is 0 Å². The van der Waals surface area contributed by atoms with Crippen molar-refractivity contribution in [2.24, 2.45) is 5.92 Å². The van der Waals surface area contributed by atoms with Gasteiger partial charge in [-0.25, -0.2) is 0 Å². The van der Waals surface area contributed by atoms with Gasteiger partial charge in [-0.3, -0.25) is 4.79 Å². The number of hydrogen-bond acceptors (Lipinski definition) is 3. The highest BCUT2D eigenvalue weighted by molar-refractivity contribution is 5.82. The molecule has 1 aliphatic carbocycles. The van der Waals surface area contributed by atoms with E-state index in [1.54, 1.807) is 0 Å². The molecule has 1 aliphatic rings. The Hall–Kier alpha value is -2.33. The maximum atomic E-state index is 12.0. The first-order chi connectivity index (χ1) is 11.8. The molecule has 4 heteroatoms. The summed E-state index contributed by atoms with van der Waals surface area (Å²) in [4.78, 5) is 12.0. The predicted molar refractivity (Wildman–Crippen MR) is 92.8 cm³/mol. The number of rotatable bonds is 8. The van der Waals surface area contributed by atoms with E-state index in [1.165, 1.54) is 5.56 Å². The molecule has 1 fully saturated rings. The van der Waals surface area contributed by atoms with Gasteiger partial charge in [-0.1, -0.05) is 42.5 Å². The Bertz CT molecular complexity index is 654. The summed E-state index contributed by atoms with van der Waals surface area (Å²) in [6.07, 6.45) is 1.51. The van der Waals surface area contributed by atoms with Crippen LogP contribution in [0.1, 0.15) is 29.9 Å². The van der Waals surface area contributed by atoms with E-state index in [2.05, 4.69) is 5.32 Å². The molecular weight excluding hydrogens is 302 g/mol. The Morgan fingerprint density at radius 3 is 2.58 bits per heavy atom. The van der Waals surface area contributed by atoms with Crippen LogP contribution in [-0.2, 0) is 11.4 Å². The van der Waals surface area contributed by atoms with Gasteiger partial charge in [0.1, 0.15) is 12.4 Å². The molecule has 0 saturated heterocycles. The molecule has 2 atom stereocenters. The van der Waals surface area contributed by atoms with Gasteiger partial charge < -0.3 is 15.2 Å². The highest BCUT2D eigenvalue weighted by Crippen LogP contribution is 2.47. The van der Waals surface area contributed by atoms with Crippen LogP contribution in [0.4, 0.5) is 0 Å². The summed E-state index contributed by atoms with van der Waals surface area (Å²) in [7, 11) is 0. The molecule has 0 aromatic heterocycles. The molecule has 1 amide bonds. The average molecular weight is 325 g/mol. The lowest BCUT2D eigenvalue weighted by Gasteiger charge is -2.07. The van der Waals surface area contributed by atoms with E-state index in [4.69, 9.17) is 9.84 Å². The highest BCUT2D eigenvalue weighted by atomic mass is 16.5. The second-order valence-corrected chi connectivity index (χ2v) is 6.16.